The molecule has 1 rings (SSSR count). The van der Waals surface area contributed by atoms with Crippen LogP contribution in [0.4, 0.5) is 4.39 Å². The van der Waals surface area contributed by atoms with Gasteiger partial charge in [-0.25, -0.2) is 4.39 Å². The minimum atomic E-state index is -0.330. The summed E-state index contributed by atoms with van der Waals surface area (Å²) in [5.74, 6) is -0.275. The molecule has 1 unspecified atom stereocenters. The van der Waals surface area contributed by atoms with Gasteiger partial charge in [0.1, 0.15) is 11.6 Å². The Labute approximate surface area is 110 Å². The highest BCUT2D eigenvalue weighted by Crippen LogP contribution is 2.16. The summed E-state index contributed by atoms with van der Waals surface area (Å²) < 4.78 is 14.2. The molecule has 0 amide bonds. The molecule has 2 nitrogen and oxygen atoms in total. The Balaban J connectivity index is 2.56. The zero-order valence-corrected chi connectivity index (χ0v) is 11.7. The van der Waals surface area contributed by atoms with Crippen molar-refractivity contribution in [1.29, 1.82) is 0 Å². The fourth-order valence-electron chi connectivity index (χ4n) is 1.71. The second-order valence-electron chi connectivity index (χ2n) is 4.11. The van der Waals surface area contributed by atoms with Gasteiger partial charge in [-0.2, -0.15) is 0 Å². The van der Waals surface area contributed by atoms with Gasteiger partial charge in [0.25, 0.3) is 0 Å². The predicted molar refractivity (Wildman–Crippen MR) is 70.6 cm³/mol. The maximum Gasteiger partial charge on any atom is 0.138 e. The third kappa shape index (κ3) is 4.96. The number of hydrogen-bond donors (Lipinski definition) is 1. The van der Waals surface area contributed by atoms with Crippen LogP contribution in [0.1, 0.15) is 25.8 Å². The third-order valence-electron chi connectivity index (χ3n) is 2.49. The van der Waals surface area contributed by atoms with E-state index in [0.717, 1.165) is 6.54 Å². The van der Waals surface area contributed by atoms with Gasteiger partial charge in [-0.1, -0.05) is 28.9 Å². The number of benzene rings is 1. The van der Waals surface area contributed by atoms with E-state index >= 15 is 0 Å². The van der Waals surface area contributed by atoms with Gasteiger partial charge in [0, 0.05) is 23.4 Å². The van der Waals surface area contributed by atoms with Crippen LogP contribution in [0.25, 0.3) is 0 Å². The van der Waals surface area contributed by atoms with E-state index in [0.29, 0.717) is 16.5 Å². The molecule has 0 aliphatic rings. The fraction of sp³-hybridized carbons (Fsp3) is 0.462. The number of nitrogens with one attached hydrogen (secondary N) is 1. The summed E-state index contributed by atoms with van der Waals surface area (Å²) in [4.78, 5) is 11.7. The molecule has 0 bridgehead atoms. The second-order valence-corrected chi connectivity index (χ2v) is 5.03. The summed E-state index contributed by atoms with van der Waals surface area (Å²) in [5, 5.41) is 3.16. The number of ketones is 1. The standard InChI is InChI=1S/C13H17BrFNO/c1-3-16-9(2)6-12(17)7-10-4-5-11(14)8-13(10)15/h4-5,8-9,16H,3,6-7H2,1-2H3. The number of Topliss-reactive ketones (excluding diaryl/α,β-unsaturated/α-hetero) is 1. The van der Waals surface area contributed by atoms with Crippen molar-refractivity contribution in [3.63, 3.8) is 0 Å². The Morgan fingerprint density at radius 3 is 2.82 bits per heavy atom. The van der Waals surface area contributed by atoms with Gasteiger partial charge in [-0.15, -0.1) is 0 Å². The zero-order chi connectivity index (χ0) is 12.8. The maximum absolute atomic E-state index is 13.5. The van der Waals surface area contributed by atoms with E-state index in [-0.39, 0.29) is 24.1 Å². The van der Waals surface area contributed by atoms with E-state index in [1.807, 2.05) is 13.8 Å². The average Bonchev–Trinajstić information content (AvgIpc) is 2.22. The van der Waals surface area contributed by atoms with E-state index in [4.69, 9.17) is 0 Å². The molecule has 1 aromatic rings. The lowest BCUT2D eigenvalue weighted by Gasteiger charge is -2.11. The zero-order valence-electron chi connectivity index (χ0n) is 10.1. The van der Waals surface area contributed by atoms with E-state index in [2.05, 4.69) is 21.2 Å². The lowest BCUT2D eigenvalue weighted by molar-refractivity contribution is -0.118. The van der Waals surface area contributed by atoms with Crippen molar-refractivity contribution in [2.24, 2.45) is 0 Å². The van der Waals surface area contributed by atoms with Gasteiger partial charge in [0.2, 0.25) is 0 Å². The molecule has 0 aliphatic heterocycles. The Bertz CT molecular complexity index is 395. The number of halogens is 2. The number of hydrogen-bond acceptors (Lipinski definition) is 2. The monoisotopic (exact) mass is 301 g/mol. The summed E-state index contributed by atoms with van der Waals surface area (Å²) in [7, 11) is 0. The fourth-order valence-corrected chi connectivity index (χ4v) is 2.04. The molecule has 0 fully saturated rings. The molecule has 94 valence electrons. The molecule has 1 atom stereocenters. The first-order chi connectivity index (χ1) is 8.02. The lowest BCUT2D eigenvalue weighted by Crippen LogP contribution is -2.28. The van der Waals surface area contributed by atoms with Crippen molar-refractivity contribution < 1.29 is 9.18 Å². The normalized spacial score (nSPS) is 12.5. The van der Waals surface area contributed by atoms with Crippen molar-refractivity contribution in [2.45, 2.75) is 32.7 Å². The van der Waals surface area contributed by atoms with Crippen LogP contribution in [0, 0.1) is 5.82 Å². The lowest BCUT2D eigenvalue weighted by atomic mass is 10.0. The molecule has 4 heteroatoms. The summed E-state index contributed by atoms with van der Waals surface area (Å²) in [6.45, 7) is 4.79. The average molecular weight is 302 g/mol. The Hall–Kier alpha value is -0.740. The molecule has 0 heterocycles. The van der Waals surface area contributed by atoms with Crippen molar-refractivity contribution in [3.8, 4) is 0 Å². The number of rotatable bonds is 6. The van der Waals surface area contributed by atoms with Gasteiger partial charge >= 0.3 is 0 Å². The van der Waals surface area contributed by atoms with E-state index in [1.54, 1.807) is 12.1 Å². The van der Waals surface area contributed by atoms with Crippen LogP contribution in [0.15, 0.2) is 22.7 Å². The third-order valence-corrected chi connectivity index (χ3v) is 2.98. The highest BCUT2D eigenvalue weighted by atomic mass is 79.9. The summed E-state index contributed by atoms with van der Waals surface area (Å²) in [5.41, 5.74) is 0.460. The van der Waals surface area contributed by atoms with Crippen LogP contribution in [-0.4, -0.2) is 18.4 Å². The van der Waals surface area contributed by atoms with Crippen LogP contribution in [0.2, 0.25) is 0 Å². The number of carbonyl (C=O) groups excluding carboxylic acids is 1. The first-order valence-corrected chi connectivity index (χ1v) is 6.51. The minimum Gasteiger partial charge on any atom is -0.314 e. The second kappa shape index (κ2) is 6.87. The minimum absolute atomic E-state index is 0.0553. The summed E-state index contributed by atoms with van der Waals surface area (Å²) in [6, 6.07) is 4.93. The van der Waals surface area contributed by atoms with Crippen LogP contribution in [0.5, 0.6) is 0 Å². The molecule has 0 saturated carbocycles. The number of carbonyl (C=O) groups is 1. The Kier molecular flexibility index (Phi) is 5.78. The molecule has 0 aromatic heterocycles. The van der Waals surface area contributed by atoms with Crippen LogP contribution >= 0.6 is 15.9 Å². The van der Waals surface area contributed by atoms with Gasteiger partial charge in [-0.3, -0.25) is 4.79 Å². The summed E-state index contributed by atoms with van der Waals surface area (Å²) in [6.07, 6.45) is 0.595. The maximum atomic E-state index is 13.5. The van der Waals surface area contributed by atoms with E-state index < -0.39 is 0 Å². The molecule has 1 aromatic carbocycles. The molecule has 0 radical (unpaired) electrons. The van der Waals surface area contributed by atoms with Gasteiger partial charge in [0.05, 0.1) is 0 Å². The highest BCUT2D eigenvalue weighted by molar-refractivity contribution is 9.10. The SMILES string of the molecule is CCNC(C)CC(=O)Cc1ccc(Br)cc1F. The molecule has 1 N–H and O–H groups in total. The smallest absolute Gasteiger partial charge is 0.138 e. The van der Waals surface area contributed by atoms with Gasteiger partial charge < -0.3 is 5.32 Å². The van der Waals surface area contributed by atoms with Crippen molar-refractivity contribution in [3.05, 3.63) is 34.1 Å². The van der Waals surface area contributed by atoms with Crippen LogP contribution < -0.4 is 5.32 Å². The topological polar surface area (TPSA) is 29.1 Å². The quantitative estimate of drug-likeness (QED) is 0.875. The first-order valence-electron chi connectivity index (χ1n) is 5.72. The van der Waals surface area contributed by atoms with E-state index in [1.165, 1.54) is 6.07 Å². The Morgan fingerprint density at radius 1 is 1.53 bits per heavy atom. The van der Waals surface area contributed by atoms with E-state index in [9.17, 15) is 9.18 Å². The van der Waals surface area contributed by atoms with Gasteiger partial charge in [0.15, 0.2) is 0 Å². The van der Waals surface area contributed by atoms with Crippen LogP contribution in [0.3, 0.4) is 0 Å². The molecular formula is C13H17BrFNO. The summed E-state index contributed by atoms with van der Waals surface area (Å²) >= 11 is 3.19. The van der Waals surface area contributed by atoms with Crippen molar-refractivity contribution in [2.75, 3.05) is 6.54 Å². The highest BCUT2D eigenvalue weighted by Gasteiger charge is 2.11. The largest absolute Gasteiger partial charge is 0.314 e. The predicted octanol–water partition coefficient (Wildman–Crippen LogP) is 3.09. The van der Waals surface area contributed by atoms with Gasteiger partial charge in [-0.05, 0) is 31.2 Å². The molecule has 0 spiro atoms. The van der Waals surface area contributed by atoms with Crippen molar-refractivity contribution in [1.82, 2.24) is 5.32 Å². The molecule has 0 aliphatic carbocycles. The molecular weight excluding hydrogens is 285 g/mol. The first kappa shape index (κ1) is 14.3. The molecule has 0 saturated heterocycles. The van der Waals surface area contributed by atoms with Crippen molar-refractivity contribution >= 4 is 21.7 Å². The Morgan fingerprint density at radius 2 is 2.24 bits per heavy atom. The van der Waals surface area contributed by atoms with Crippen LogP contribution in [-0.2, 0) is 11.2 Å². The molecule has 17 heavy (non-hydrogen) atoms.